The molecule has 8 heteroatoms. The van der Waals surface area contributed by atoms with E-state index in [2.05, 4.69) is 10.1 Å². The molecule has 0 fully saturated rings. The summed E-state index contributed by atoms with van der Waals surface area (Å²) in [5.74, 6) is -1.22. The number of esters is 1. The molecule has 1 N–H and O–H groups in total. The molecular formula is C15H15F3N2O3. The van der Waals surface area contributed by atoms with Gasteiger partial charge >= 0.3 is 12.1 Å². The zero-order valence-corrected chi connectivity index (χ0v) is 12.3. The van der Waals surface area contributed by atoms with Gasteiger partial charge in [-0.2, -0.15) is 18.4 Å². The van der Waals surface area contributed by atoms with Gasteiger partial charge in [-0.3, -0.25) is 4.79 Å². The minimum Gasteiger partial charge on any atom is -0.467 e. The molecule has 1 aromatic carbocycles. The standard InChI is InChI=1S/C15H15F3N2O3/c1-23-14(22)12(3-2-8-19)20-13(21)9-10-4-6-11(7-5-10)15(16,17)18/h4-7,12H,2-3,9H2,1H3,(H,20,21)/t12-/m0/s1. The Balaban J connectivity index is 2.67. The maximum Gasteiger partial charge on any atom is 0.416 e. The van der Waals surface area contributed by atoms with Crippen molar-refractivity contribution in [2.24, 2.45) is 0 Å². The van der Waals surface area contributed by atoms with Gasteiger partial charge < -0.3 is 10.1 Å². The number of carbonyl (C=O) groups excluding carboxylic acids is 2. The molecule has 1 atom stereocenters. The van der Waals surface area contributed by atoms with Crippen LogP contribution in [0.2, 0.25) is 0 Å². The van der Waals surface area contributed by atoms with Crippen LogP contribution in [0.4, 0.5) is 13.2 Å². The maximum absolute atomic E-state index is 12.4. The zero-order chi connectivity index (χ0) is 17.5. The first-order chi connectivity index (χ1) is 10.8. The van der Waals surface area contributed by atoms with Crippen molar-refractivity contribution in [2.45, 2.75) is 31.5 Å². The number of amides is 1. The molecule has 0 unspecified atom stereocenters. The molecule has 0 saturated heterocycles. The largest absolute Gasteiger partial charge is 0.467 e. The molecule has 23 heavy (non-hydrogen) atoms. The fourth-order valence-corrected chi connectivity index (χ4v) is 1.84. The predicted octanol–water partition coefficient (Wildman–Crippen LogP) is 2.21. The molecule has 124 valence electrons. The Hall–Kier alpha value is -2.56. The topological polar surface area (TPSA) is 79.2 Å². The number of nitriles is 1. The second-order valence-corrected chi connectivity index (χ2v) is 4.71. The van der Waals surface area contributed by atoms with Gasteiger partial charge in [0.05, 0.1) is 25.2 Å². The summed E-state index contributed by atoms with van der Waals surface area (Å²) in [5.41, 5.74) is -0.428. The molecule has 5 nitrogen and oxygen atoms in total. The van der Waals surface area contributed by atoms with Crippen LogP contribution in [-0.2, 0) is 26.9 Å². The highest BCUT2D eigenvalue weighted by Gasteiger charge is 2.30. The van der Waals surface area contributed by atoms with Crippen molar-refractivity contribution in [3.63, 3.8) is 0 Å². The summed E-state index contributed by atoms with van der Waals surface area (Å²) >= 11 is 0. The summed E-state index contributed by atoms with van der Waals surface area (Å²) in [5, 5.41) is 10.9. The number of rotatable bonds is 6. The molecule has 1 rings (SSSR count). The highest BCUT2D eigenvalue weighted by atomic mass is 19.4. The molecule has 0 spiro atoms. The summed E-state index contributed by atoms with van der Waals surface area (Å²) in [6, 6.07) is 5.07. The molecule has 1 amide bonds. The smallest absolute Gasteiger partial charge is 0.416 e. The van der Waals surface area contributed by atoms with Crippen molar-refractivity contribution >= 4 is 11.9 Å². The molecule has 0 radical (unpaired) electrons. The molecule has 0 aliphatic heterocycles. The third-order valence-corrected chi connectivity index (χ3v) is 3.01. The number of methoxy groups -OCH3 is 1. The van der Waals surface area contributed by atoms with E-state index in [1.807, 2.05) is 6.07 Å². The summed E-state index contributed by atoms with van der Waals surface area (Å²) in [4.78, 5) is 23.4. The van der Waals surface area contributed by atoms with Gasteiger partial charge in [0, 0.05) is 6.42 Å². The second-order valence-electron chi connectivity index (χ2n) is 4.71. The minimum atomic E-state index is -4.44. The third kappa shape index (κ3) is 5.98. The van der Waals surface area contributed by atoms with Crippen LogP contribution in [0.25, 0.3) is 0 Å². The van der Waals surface area contributed by atoms with E-state index in [4.69, 9.17) is 5.26 Å². The van der Waals surface area contributed by atoms with Crippen LogP contribution in [0.15, 0.2) is 24.3 Å². The Morgan fingerprint density at radius 1 is 1.30 bits per heavy atom. The summed E-state index contributed by atoms with van der Waals surface area (Å²) in [6.07, 6.45) is -4.46. The van der Waals surface area contributed by atoms with Crippen LogP contribution in [0.1, 0.15) is 24.0 Å². The molecule has 0 saturated carbocycles. The van der Waals surface area contributed by atoms with Crippen molar-refractivity contribution in [3.8, 4) is 6.07 Å². The molecular weight excluding hydrogens is 313 g/mol. The van der Waals surface area contributed by atoms with Crippen molar-refractivity contribution in [2.75, 3.05) is 7.11 Å². The van der Waals surface area contributed by atoms with Gasteiger partial charge in [0.1, 0.15) is 6.04 Å². The number of hydrogen-bond acceptors (Lipinski definition) is 4. The first-order valence-corrected chi connectivity index (χ1v) is 6.68. The van der Waals surface area contributed by atoms with E-state index in [0.29, 0.717) is 5.56 Å². The summed E-state index contributed by atoms with van der Waals surface area (Å²) in [7, 11) is 1.16. The van der Waals surface area contributed by atoms with Gasteiger partial charge in [0.2, 0.25) is 5.91 Å². The fraction of sp³-hybridized carbons (Fsp3) is 0.400. The van der Waals surface area contributed by atoms with E-state index in [0.717, 1.165) is 19.2 Å². The SMILES string of the molecule is COC(=O)[C@H](CCC#N)NC(=O)Cc1ccc(C(F)(F)F)cc1. The lowest BCUT2D eigenvalue weighted by atomic mass is 10.1. The average Bonchev–Trinajstić information content (AvgIpc) is 2.50. The Labute approximate surface area is 131 Å². The number of ether oxygens (including phenoxy) is 1. The number of benzene rings is 1. The van der Waals surface area contributed by atoms with Gasteiger partial charge in [-0.1, -0.05) is 12.1 Å². The van der Waals surface area contributed by atoms with Crippen LogP contribution in [-0.4, -0.2) is 25.0 Å². The van der Waals surface area contributed by atoms with Crippen LogP contribution in [0.5, 0.6) is 0 Å². The first-order valence-electron chi connectivity index (χ1n) is 6.68. The van der Waals surface area contributed by atoms with Crippen molar-refractivity contribution in [1.29, 1.82) is 5.26 Å². The van der Waals surface area contributed by atoms with Crippen molar-refractivity contribution < 1.29 is 27.5 Å². The van der Waals surface area contributed by atoms with Gasteiger partial charge in [-0.15, -0.1) is 0 Å². The van der Waals surface area contributed by atoms with E-state index in [9.17, 15) is 22.8 Å². The molecule has 0 aromatic heterocycles. The summed E-state index contributed by atoms with van der Waals surface area (Å²) in [6.45, 7) is 0. The number of hydrogen-bond donors (Lipinski definition) is 1. The highest BCUT2D eigenvalue weighted by molar-refractivity contribution is 5.85. The molecule has 0 aliphatic rings. The van der Waals surface area contributed by atoms with Gasteiger partial charge in [0.25, 0.3) is 0 Å². The van der Waals surface area contributed by atoms with Gasteiger partial charge in [-0.05, 0) is 24.1 Å². The quantitative estimate of drug-likeness (QED) is 0.812. The van der Waals surface area contributed by atoms with Crippen LogP contribution in [0.3, 0.4) is 0 Å². The molecule has 0 aliphatic carbocycles. The van der Waals surface area contributed by atoms with Crippen LogP contribution < -0.4 is 5.32 Å². The van der Waals surface area contributed by atoms with Crippen LogP contribution in [0, 0.1) is 11.3 Å². The molecule has 1 aromatic rings. The van der Waals surface area contributed by atoms with Crippen LogP contribution >= 0.6 is 0 Å². The number of halogens is 3. The number of alkyl halides is 3. The average molecular weight is 328 g/mol. The Morgan fingerprint density at radius 3 is 2.39 bits per heavy atom. The number of nitrogens with one attached hydrogen (secondary N) is 1. The third-order valence-electron chi connectivity index (χ3n) is 3.01. The van der Waals surface area contributed by atoms with E-state index < -0.39 is 29.7 Å². The lowest BCUT2D eigenvalue weighted by Gasteiger charge is -2.15. The predicted molar refractivity (Wildman–Crippen MR) is 73.9 cm³/mol. The first kappa shape index (κ1) is 18.5. The van der Waals surface area contributed by atoms with Crippen molar-refractivity contribution in [1.82, 2.24) is 5.32 Å². The van der Waals surface area contributed by atoms with E-state index in [1.54, 1.807) is 0 Å². The minimum absolute atomic E-state index is 0.0559. The summed E-state index contributed by atoms with van der Waals surface area (Å²) < 4.78 is 41.9. The Kier molecular flexibility index (Phi) is 6.57. The van der Waals surface area contributed by atoms with Gasteiger partial charge in [-0.25, -0.2) is 4.79 Å². The van der Waals surface area contributed by atoms with E-state index in [1.165, 1.54) is 12.1 Å². The van der Waals surface area contributed by atoms with E-state index in [-0.39, 0.29) is 19.3 Å². The second kappa shape index (κ2) is 8.17. The fourth-order valence-electron chi connectivity index (χ4n) is 1.84. The molecule has 0 heterocycles. The van der Waals surface area contributed by atoms with Crippen molar-refractivity contribution in [3.05, 3.63) is 35.4 Å². The normalized spacial score (nSPS) is 12.1. The number of carbonyl (C=O) groups is 2. The lowest BCUT2D eigenvalue weighted by Crippen LogP contribution is -2.42. The Bertz CT molecular complexity index is 591. The number of nitrogens with zero attached hydrogens (tertiary/aromatic N) is 1. The highest BCUT2D eigenvalue weighted by Crippen LogP contribution is 2.29. The molecule has 0 bridgehead atoms. The van der Waals surface area contributed by atoms with E-state index >= 15 is 0 Å². The lowest BCUT2D eigenvalue weighted by molar-refractivity contribution is -0.145. The van der Waals surface area contributed by atoms with Gasteiger partial charge in [0.15, 0.2) is 0 Å². The monoisotopic (exact) mass is 328 g/mol. The zero-order valence-electron chi connectivity index (χ0n) is 12.3. The Morgan fingerprint density at radius 2 is 1.91 bits per heavy atom. The maximum atomic E-state index is 12.4.